The minimum Gasteiger partial charge on any atom is -0.481 e. The highest BCUT2D eigenvalue weighted by Crippen LogP contribution is 2.44. The maximum absolute atomic E-state index is 10.2. The SMILES string of the molecule is CC.NCC1(C(=O)O)CC1. The van der Waals surface area contributed by atoms with Crippen molar-refractivity contribution in [3.8, 4) is 0 Å². The second-order valence-corrected chi connectivity index (χ2v) is 2.29. The number of carboxylic acids is 1. The summed E-state index contributed by atoms with van der Waals surface area (Å²) in [5, 5.41) is 8.42. The van der Waals surface area contributed by atoms with Gasteiger partial charge in [-0.05, 0) is 12.8 Å². The lowest BCUT2D eigenvalue weighted by atomic mass is 10.1. The van der Waals surface area contributed by atoms with Gasteiger partial charge in [0.1, 0.15) is 0 Å². The zero-order valence-electron chi connectivity index (χ0n) is 6.55. The number of carbonyl (C=O) groups is 1. The molecule has 60 valence electrons. The fourth-order valence-electron chi connectivity index (χ4n) is 0.656. The van der Waals surface area contributed by atoms with Crippen LogP contribution in [-0.4, -0.2) is 17.6 Å². The Bertz CT molecular complexity index is 119. The number of aliphatic carboxylic acids is 1. The first-order chi connectivity index (χ1) is 4.71. The summed E-state index contributed by atoms with van der Waals surface area (Å²) in [5.74, 6) is -0.736. The van der Waals surface area contributed by atoms with E-state index >= 15 is 0 Å². The van der Waals surface area contributed by atoms with Crippen LogP contribution in [0.15, 0.2) is 0 Å². The number of hydrogen-bond acceptors (Lipinski definition) is 2. The predicted molar refractivity (Wildman–Crippen MR) is 39.7 cm³/mol. The number of nitrogens with two attached hydrogens (primary N) is 1. The average molecular weight is 145 g/mol. The molecule has 0 atom stereocenters. The molecule has 3 nitrogen and oxygen atoms in total. The van der Waals surface area contributed by atoms with E-state index in [9.17, 15) is 4.79 Å². The molecule has 0 aromatic rings. The summed E-state index contributed by atoms with van der Waals surface area (Å²) < 4.78 is 0. The van der Waals surface area contributed by atoms with Gasteiger partial charge in [-0.1, -0.05) is 13.8 Å². The molecular weight excluding hydrogens is 130 g/mol. The fraction of sp³-hybridized carbons (Fsp3) is 0.857. The van der Waals surface area contributed by atoms with E-state index in [1.165, 1.54) is 0 Å². The van der Waals surface area contributed by atoms with Crippen LogP contribution in [0, 0.1) is 5.41 Å². The van der Waals surface area contributed by atoms with Crippen molar-refractivity contribution in [1.82, 2.24) is 0 Å². The molecule has 0 bridgehead atoms. The summed E-state index contributed by atoms with van der Waals surface area (Å²) in [6.07, 6.45) is 1.53. The summed E-state index contributed by atoms with van der Waals surface area (Å²) in [6.45, 7) is 4.29. The van der Waals surface area contributed by atoms with Crippen LogP contribution >= 0.6 is 0 Å². The van der Waals surface area contributed by atoms with Gasteiger partial charge in [-0.2, -0.15) is 0 Å². The molecule has 1 rings (SSSR count). The van der Waals surface area contributed by atoms with Gasteiger partial charge in [0.2, 0.25) is 0 Å². The van der Waals surface area contributed by atoms with Gasteiger partial charge >= 0.3 is 5.97 Å². The van der Waals surface area contributed by atoms with Crippen LogP contribution in [-0.2, 0) is 4.79 Å². The van der Waals surface area contributed by atoms with Gasteiger partial charge in [-0.25, -0.2) is 0 Å². The molecule has 0 unspecified atom stereocenters. The average Bonchev–Trinajstić information content (AvgIpc) is 2.71. The minimum atomic E-state index is -0.736. The monoisotopic (exact) mass is 145 g/mol. The van der Waals surface area contributed by atoms with E-state index in [1.54, 1.807) is 0 Å². The van der Waals surface area contributed by atoms with Crippen LogP contribution in [0.2, 0.25) is 0 Å². The van der Waals surface area contributed by atoms with E-state index in [4.69, 9.17) is 10.8 Å². The molecule has 3 heteroatoms. The Hall–Kier alpha value is -0.570. The summed E-state index contributed by atoms with van der Waals surface area (Å²) in [5.41, 5.74) is 4.68. The number of hydrogen-bond donors (Lipinski definition) is 2. The molecule has 0 radical (unpaired) electrons. The molecule has 0 aromatic carbocycles. The van der Waals surface area contributed by atoms with Gasteiger partial charge in [0.25, 0.3) is 0 Å². The third-order valence-electron chi connectivity index (χ3n) is 1.70. The Morgan fingerprint density at radius 2 is 2.00 bits per heavy atom. The van der Waals surface area contributed by atoms with E-state index in [1.807, 2.05) is 13.8 Å². The van der Waals surface area contributed by atoms with Crippen molar-refractivity contribution in [3.05, 3.63) is 0 Å². The molecule has 0 spiro atoms. The standard InChI is InChI=1S/C5H9NO2.C2H6/c6-3-5(1-2-5)4(7)8;1-2/h1-3,6H2,(H,7,8);1-2H3. The van der Waals surface area contributed by atoms with Crippen molar-refractivity contribution >= 4 is 5.97 Å². The van der Waals surface area contributed by atoms with Crippen LogP contribution < -0.4 is 5.73 Å². The molecular formula is C7H15NO2. The van der Waals surface area contributed by atoms with Crippen molar-refractivity contribution in [3.63, 3.8) is 0 Å². The number of rotatable bonds is 2. The molecule has 1 aliphatic carbocycles. The highest BCUT2D eigenvalue weighted by atomic mass is 16.4. The Kier molecular flexibility index (Phi) is 3.36. The quantitative estimate of drug-likeness (QED) is 0.605. The van der Waals surface area contributed by atoms with Crippen LogP contribution in [0.4, 0.5) is 0 Å². The highest BCUT2D eigenvalue weighted by Gasteiger charge is 2.48. The zero-order valence-corrected chi connectivity index (χ0v) is 6.55. The maximum Gasteiger partial charge on any atom is 0.310 e. The van der Waals surface area contributed by atoms with Crippen molar-refractivity contribution in [2.75, 3.05) is 6.54 Å². The molecule has 1 fully saturated rings. The van der Waals surface area contributed by atoms with E-state index in [0.29, 0.717) is 6.54 Å². The van der Waals surface area contributed by atoms with Gasteiger partial charge in [-0.3, -0.25) is 4.79 Å². The summed E-state index contributed by atoms with van der Waals surface area (Å²) in [4.78, 5) is 10.2. The van der Waals surface area contributed by atoms with Crippen LogP contribution in [0.3, 0.4) is 0 Å². The van der Waals surface area contributed by atoms with E-state index < -0.39 is 11.4 Å². The van der Waals surface area contributed by atoms with Gasteiger partial charge in [0.15, 0.2) is 0 Å². The molecule has 10 heavy (non-hydrogen) atoms. The maximum atomic E-state index is 10.2. The Labute approximate surface area is 61.2 Å². The number of carboxylic acid groups (broad SMARTS) is 1. The molecule has 0 heterocycles. The first-order valence-electron chi connectivity index (χ1n) is 3.65. The van der Waals surface area contributed by atoms with Crippen molar-refractivity contribution in [1.29, 1.82) is 0 Å². The van der Waals surface area contributed by atoms with E-state index in [-0.39, 0.29) is 0 Å². The molecule has 0 aliphatic heterocycles. The Balaban J connectivity index is 0.000000371. The zero-order chi connectivity index (χ0) is 8.20. The molecule has 0 saturated heterocycles. The summed E-state index contributed by atoms with van der Waals surface area (Å²) >= 11 is 0. The third kappa shape index (κ3) is 1.70. The Morgan fingerprint density at radius 3 is 2.00 bits per heavy atom. The van der Waals surface area contributed by atoms with Gasteiger partial charge in [-0.15, -0.1) is 0 Å². The molecule has 0 aromatic heterocycles. The van der Waals surface area contributed by atoms with Crippen LogP contribution in [0.25, 0.3) is 0 Å². The van der Waals surface area contributed by atoms with Crippen LogP contribution in [0.5, 0.6) is 0 Å². The topological polar surface area (TPSA) is 63.3 Å². The highest BCUT2D eigenvalue weighted by molar-refractivity contribution is 5.77. The van der Waals surface area contributed by atoms with Crippen LogP contribution in [0.1, 0.15) is 26.7 Å². The molecule has 3 N–H and O–H groups in total. The summed E-state index contributed by atoms with van der Waals surface area (Å²) in [7, 11) is 0. The minimum absolute atomic E-state index is 0.294. The lowest BCUT2D eigenvalue weighted by Crippen LogP contribution is -2.24. The van der Waals surface area contributed by atoms with Crippen molar-refractivity contribution in [2.45, 2.75) is 26.7 Å². The lowest BCUT2D eigenvalue weighted by Gasteiger charge is -2.01. The van der Waals surface area contributed by atoms with Crippen molar-refractivity contribution < 1.29 is 9.90 Å². The lowest BCUT2D eigenvalue weighted by molar-refractivity contribution is -0.142. The van der Waals surface area contributed by atoms with Gasteiger partial charge < -0.3 is 10.8 Å². The largest absolute Gasteiger partial charge is 0.481 e. The van der Waals surface area contributed by atoms with E-state index in [0.717, 1.165) is 12.8 Å². The second kappa shape index (κ2) is 3.56. The summed E-state index contributed by atoms with van der Waals surface area (Å²) in [6, 6.07) is 0. The van der Waals surface area contributed by atoms with Crippen molar-refractivity contribution in [2.24, 2.45) is 11.1 Å². The van der Waals surface area contributed by atoms with E-state index in [2.05, 4.69) is 0 Å². The van der Waals surface area contributed by atoms with Gasteiger partial charge in [0.05, 0.1) is 5.41 Å². The first-order valence-corrected chi connectivity index (χ1v) is 3.65. The van der Waals surface area contributed by atoms with Gasteiger partial charge in [0, 0.05) is 6.54 Å². The normalized spacial score (nSPS) is 18.7. The smallest absolute Gasteiger partial charge is 0.310 e. The Morgan fingerprint density at radius 1 is 1.60 bits per heavy atom. The fourth-order valence-corrected chi connectivity index (χ4v) is 0.656. The molecule has 0 amide bonds. The second-order valence-electron chi connectivity index (χ2n) is 2.29. The molecule has 1 saturated carbocycles. The molecule has 1 aliphatic rings. The predicted octanol–water partition coefficient (Wildman–Crippen LogP) is 0.836. The first kappa shape index (κ1) is 9.43. The third-order valence-corrected chi connectivity index (χ3v) is 1.70.